The van der Waals surface area contributed by atoms with Crippen LogP contribution < -0.4 is 0 Å². The Morgan fingerprint density at radius 1 is 1.19 bits per heavy atom. The third-order valence-corrected chi connectivity index (χ3v) is 6.66. The monoisotopic (exact) mass is 401 g/mol. The van der Waals surface area contributed by atoms with E-state index in [9.17, 15) is 19.2 Å². The lowest BCUT2D eigenvalue weighted by Gasteiger charge is -2.42. The standard InChI is InChI=1S/C18H27NO7S/c1-5-8-9-10-11(20)25-17(23)26-12-14(21)19-13(16(22)24-7-3)18(4,6-2)27-15(12)19/h12-13,15H,5-10H2,1-4H3/t12?,13-,15+,18?/m0/s1. The molecule has 8 nitrogen and oxygen atoms in total. The Kier molecular flexibility index (Phi) is 7.13. The first-order valence-electron chi connectivity index (χ1n) is 9.36. The van der Waals surface area contributed by atoms with Crippen LogP contribution in [-0.2, 0) is 28.6 Å². The summed E-state index contributed by atoms with van der Waals surface area (Å²) in [5.41, 5.74) is 0. The molecule has 0 bridgehead atoms. The summed E-state index contributed by atoms with van der Waals surface area (Å²) in [6.45, 7) is 7.74. The van der Waals surface area contributed by atoms with Crippen LogP contribution in [-0.4, -0.2) is 57.8 Å². The van der Waals surface area contributed by atoms with Gasteiger partial charge < -0.3 is 19.1 Å². The fourth-order valence-corrected chi connectivity index (χ4v) is 4.94. The number of thioether (sulfide) groups is 1. The number of nitrogens with zero attached hydrogens (tertiary/aromatic N) is 1. The molecule has 0 aliphatic carbocycles. The Balaban J connectivity index is 1.97. The number of rotatable bonds is 8. The van der Waals surface area contributed by atoms with E-state index in [4.69, 9.17) is 9.47 Å². The largest absolute Gasteiger partial charge is 0.517 e. The van der Waals surface area contributed by atoms with Gasteiger partial charge in [-0.15, -0.1) is 11.8 Å². The summed E-state index contributed by atoms with van der Waals surface area (Å²) in [5.74, 6) is -1.60. The molecular formula is C18H27NO7S. The molecule has 2 aliphatic rings. The van der Waals surface area contributed by atoms with Crippen LogP contribution >= 0.6 is 11.8 Å². The van der Waals surface area contributed by atoms with E-state index >= 15 is 0 Å². The van der Waals surface area contributed by atoms with Gasteiger partial charge in [-0.3, -0.25) is 9.59 Å². The summed E-state index contributed by atoms with van der Waals surface area (Å²) in [6, 6.07) is -0.725. The second-order valence-electron chi connectivity index (χ2n) is 6.79. The van der Waals surface area contributed by atoms with Gasteiger partial charge in [0.15, 0.2) is 0 Å². The van der Waals surface area contributed by atoms with Crippen LogP contribution in [0.1, 0.15) is 59.8 Å². The van der Waals surface area contributed by atoms with Crippen molar-refractivity contribution in [3.05, 3.63) is 0 Å². The highest BCUT2D eigenvalue weighted by atomic mass is 32.2. The van der Waals surface area contributed by atoms with Crippen LogP contribution in [0.4, 0.5) is 4.79 Å². The Morgan fingerprint density at radius 3 is 2.48 bits per heavy atom. The number of β-lactam (4-membered cyclic amide) rings is 1. The van der Waals surface area contributed by atoms with Gasteiger partial charge in [-0.1, -0.05) is 26.7 Å². The predicted octanol–water partition coefficient (Wildman–Crippen LogP) is 2.63. The molecule has 1 amide bonds. The van der Waals surface area contributed by atoms with E-state index in [-0.39, 0.29) is 13.0 Å². The first-order valence-corrected chi connectivity index (χ1v) is 10.2. The Bertz CT molecular complexity index is 611. The van der Waals surface area contributed by atoms with E-state index in [1.54, 1.807) is 6.92 Å². The number of carbonyl (C=O) groups is 4. The molecule has 0 saturated carbocycles. The van der Waals surface area contributed by atoms with Crippen molar-refractivity contribution in [2.45, 2.75) is 82.1 Å². The zero-order chi connectivity index (χ0) is 20.2. The molecule has 2 saturated heterocycles. The summed E-state index contributed by atoms with van der Waals surface area (Å²) < 4.78 is 14.3. The Morgan fingerprint density at radius 2 is 1.89 bits per heavy atom. The maximum Gasteiger partial charge on any atom is 0.517 e. The van der Waals surface area contributed by atoms with E-state index in [1.807, 2.05) is 20.8 Å². The number of amides is 1. The highest BCUT2D eigenvalue weighted by molar-refractivity contribution is 8.01. The zero-order valence-electron chi connectivity index (χ0n) is 16.2. The first kappa shape index (κ1) is 21.5. The fraction of sp³-hybridized carbons (Fsp3) is 0.778. The summed E-state index contributed by atoms with van der Waals surface area (Å²) >= 11 is 1.40. The van der Waals surface area contributed by atoms with Crippen molar-refractivity contribution in [1.82, 2.24) is 4.90 Å². The molecule has 0 aromatic rings. The van der Waals surface area contributed by atoms with E-state index in [1.165, 1.54) is 16.7 Å². The third kappa shape index (κ3) is 4.39. The quantitative estimate of drug-likeness (QED) is 0.265. The van der Waals surface area contributed by atoms with E-state index in [2.05, 4.69) is 4.74 Å². The number of fused-ring (bicyclic) bond motifs is 1. The highest BCUT2D eigenvalue weighted by Gasteiger charge is 2.66. The Hall–Kier alpha value is -1.77. The molecule has 27 heavy (non-hydrogen) atoms. The molecule has 0 radical (unpaired) electrons. The minimum absolute atomic E-state index is 0.130. The predicted molar refractivity (Wildman–Crippen MR) is 97.8 cm³/mol. The van der Waals surface area contributed by atoms with E-state index in [0.29, 0.717) is 12.8 Å². The Labute approximate surface area is 163 Å². The molecule has 2 fully saturated rings. The van der Waals surface area contributed by atoms with Gasteiger partial charge in [0.2, 0.25) is 6.10 Å². The average Bonchev–Trinajstić information content (AvgIpc) is 2.91. The molecule has 0 N–H and O–H groups in total. The van der Waals surface area contributed by atoms with Crippen molar-refractivity contribution in [2.24, 2.45) is 0 Å². The molecule has 152 valence electrons. The van der Waals surface area contributed by atoms with Crippen LogP contribution in [0.2, 0.25) is 0 Å². The van der Waals surface area contributed by atoms with Gasteiger partial charge in [0.1, 0.15) is 11.4 Å². The molecule has 2 aliphatic heterocycles. The third-order valence-electron chi connectivity index (χ3n) is 4.89. The van der Waals surface area contributed by atoms with Gasteiger partial charge in [-0.05, 0) is 26.7 Å². The minimum Gasteiger partial charge on any atom is -0.464 e. The highest BCUT2D eigenvalue weighted by Crippen LogP contribution is 2.53. The maximum atomic E-state index is 12.5. The summed E-state index contributed by atoms with van der Waals surface area (Å²) in [7, 11) is 0. The minimum atomic E-state index is -1.17. The summed E-state index contributed by atoms with van der Waals surface area (Å²) in [4.78, 5) is 49.7. The summed E-state index contributed by atoms with van der Waals surface area (Å²) in [6.07, 6.45) is 0.973. The van der Waals surface area contributed by atoms with Gasteiger partial charge in [-0.25, -0.2) is 9.59 Å². The van der Waals surface area contributed by atoms with Crippen molar-refractivity contribution in [3.63, 3.8) is 0 Å². The van der Waals surface area contributed by atoms with Gasteiger partial charge in [0.05, 0.1) is 6.61 Å². The number of hydrogen-bond donors (Lipinski definition) is 0. The van der Waals surface area contributed by atoms with Crippen LogP contribution in [0.15, 0.2) is 0 Å². The lowest BCUT2D eigenvalue weighted by molar-refractivity contribution is -0.174. The number of hydrogen-bond acceptors (Lipinski definition) is 8. The van der Waals surface area contributed by atoms with Crippen molar-refractivity contribution in [3.8, 4) is 0 Å². The molecule has 4 atom stereocenters. The number of esters is 2. The molecule has 0 aromatic heterocycles. The molecular weight excluding hydrogens is 374 g/mol. The van der Waals surface area contributed by atoms with E-state index in [0.717, 1.165) is 12.8 Å². The van der Waals surface area contributed by atoms with Crippen LogP contribution in [0.3, 0.4) is 0 Å². The summed E-state index contributed by atoms with van der Waals surface area (Å²) in [5, 5.41) is -0.486. The van der Waals surface area contributed by atoms with E-state index < -0.39 is 46.3 Å². The normalized spacial score (nSPS) is 29.0. The van der Waals surface area contributed by atoms with Crippen LogP contribution in [0.25, 0.3) is 0 Å². The topological polar surface area (TPSA) is 99.2 Å². The van der Waals surface area contributed by atoms with Crippen molar-refractivity contribution in [1.29, 1.82) is 0 Å². The fourth-order valence-electron chi connectivity index (χ4n) is 3.25. The molecule has 0 aromatic carbocycles. The lowest BCUT2D eigenvalue weighted by Crippen LogP contribution is -2.67. The van der Waals surface area contributed by atoms with Crippen LogP contribution in [0, 0.1) is 0 Å². The van der Waals surface area contributed by atoms with Crippen LogP contribution in [0.5, 0.6) is 0 Å². The molecule has 0 spiro atoms. The molecule has 9 heteroatoms. The smallest absolute Gasteiger partial charge is 0.464 e. The average molecular weight is 401 g/mol. The molecule has 2 unspecified atom stereocenters. The second-order valence-corrected chi connectivity index (χ2v) is 8.45. The number of carbonyl (C=O) groups excluding carboxylic acids is 4. The van der Waals surface area contributed by atoms with Crippen molar-refractivity contribution < 1.29 is 33.4 Å². The zero-order valence-corrected chi connectivity index (χ0v) is 17.0. The number of ether oxygens (including phenoxy) is 3. The molecule has 2 rings (SSSR count). The first-order chi connectivity index (χ1) is 12.8. The number of unbranched alkanes of at least 4 members (excludes halogenated alkanes) is 2. The lowest BCUT2D eigenvalue weighted by atomic mass is 9.93. The maximum absolute atomic E-state index is 12.5. The molecule has 2 heterocycles. The van der Waals surface area contributed by atoms with Gasteiger partial charge >= 0.3 is 18.1 Å². The van der Waals surface area contributed by atoms with Crippen molar-refractivity contribution in [2.75, 3.05) is 6.61 Å². The van der Waals surface area contributed by atoms with Gasteiger partial charge in [0.25, 0.3) is 5.91 Å². The van der Waals surface area contributed by atoms with Crippen molar-refractivity contribution >= 4 is 35.8 Å². The van der Waals surface area contributed by atoms with Gasteiger partial charge in [0, 0.05) is 11.2 Å². The SMILES string of the molecule is CCCCCC(=O)OC(=O)OC1C(=O)N2[C@@H]1SC(C)(CC)[C@@H]2C(=O)OCC. The van der Waals surface area contributed by atoms with Gasteiger partial charge in [-0.2, -0.15) is 0 Å². The second kappa shape index (κ2) is 8.95.